The molecule has 0 saturated heterocycles. The lowest BCUT2D eigenvalue weighted by atomic mass is 10.0. The van der Waals surface area contributed by atoms with E-state index in [1.807, 2.05) is 12.1 Å². The van der Waals surface area contributed by atoms with Crippen molar-refractivity contribution in [3.8, 4) is 0 Å². The summed E-state index contributed by atoms with van der Waals surface area (Å²) in [5, 5.41) is 3.35. The first-order chi connectivity index (χ1) is 8.18. The van der Waals surface area contributed by atoms with E-state index in [1.54, 1.807) is 6.20 Å². The Kier molecular flexibility index (Phi) is 6.45. The molecule has 17 heavy (non-hydrogen) atoms. The van der Waals surface area contributed by atoms with Gasteiger partial charge in [0.05, 0.1) is 11.9 Å². The molecule has 1 heterocycles. The van der Waals surface area contributed by atoms with Crippen LogP contribution in [-0.4, -0.2) is 11.5 Å². The van der Waals surface area contributed by atoms with E-state index in [-0.39, 0.29) is 0 Å². The first-order valence-electron chi connectivity index (χ1n) is 6.64. The highest BCUT2D eigenvalue weighted by atomic mass is 14.9. The number of rotatable bonds is 8. The average Bonchev–Trinajstić information content (AvgIpc) is 2.30. The van der Waals surface area contributed by atoms with Crippen LogP contribution in [0.25, 0.3) is 0 Å². The third-order valence-corrected chi connectivity index (χ3v) is 2.82. The van der Waals surface area contributed by atoms with E-state index >= 15 is 0 Å². The van der Waals surface area contributed by atoms with Crippen LogP contribution in [-0.2, 0) is 0 Å². The Bertz CT molecular complexity index is 293. The minimum atomic E-state index is 0.573. The molecule has 0 saturated carbocycles. The summed E-state index contributed by atoms with van der Waals surface area (Å²) in [7, 11) is 0. The summed E-state index contributed by atoms with van der Waals surface area (Å²) in [6.07, 6.45) is 8.38. The van der Waals surface area contributed by atoms with Crippen LogP contribution < -0.4 is 11.1 Å². The molecule has 1 rings (SSSR count). The highest BCUT2D eigenvalue weighted by Crippen LogP contribution is 2.10. The molecule has 0 spiro atoms. The molecule has 3 N–H and O–H groups in total. The zero-order chi connectivity index (χ0) is 12.5. The van der Waals surface area contributed by atoms with Crippen molar-refractivity contribution in [1.29, 1.82) is 0 Å². The molecule has 0 unspecified atom stereocenters. The molecule has 96 valence electrons. The van der Waals surface area contributed by atoms with Gasteiger partial charge in [-0.1, -0.05) is 39.5 Å². The summed E-state index contributed by atoms with van der Waals surface area (Å²) in [5.74, 6) is 1.42. The molecule has 1 aromatic rings. The number of nitrogens with one attached hydrogen (secondary N) is 1. The van der Waals surface area contributed by atoms with E-state index in [9.17, 15) is 0 Å². The fraction of sp³-hybridized carbons (Fsp3) is 0.643. The summed E-state index contributed by atoms with van der Waals surface area (Å²) in [6.45, 7) is 5.60. The second-order valence-electron chi connectivity index (χ2n) is 5.00. The number of aromatic nitrogens is 1. The molecule has 0 aliphatic carbocycles. The summed E-state index contributed by atoms with van der Waals surface area (Å²) in [5.41, 5.74) is 6.58. The van der Waals surface area contributed by atoms with Crippen LogP contribution in [0.2, 0.25) is 0 Å². The van der Waals surface area contributed by atoms with Gasteiger partial charge < -0.3 is 11.1 Å². The summed E-state index contributed by atoms with van der Waals surface area (Å²) >= 11 is 0. The number of pyridine rings is 1. The van der Waals surface area contributed by atoms with Gasteiger partial charge in [-0.3, -0.25) is 0 Å². The van der Waals surface area contributed by atoms with Gasteiger partial charge in [-0.05, 0) is 24.5 Å². The van der Waals surface area contributed by atoms with E-state index in [0.29, 0.717) is 5.82 Å². The van der Waals surface area contributed by atoms with Crippen LogP contribution in [0.15, 0.2) is 18.3 Å². The van der Waals surface area contributed by atoms with Crippen molar-refractivity contribution in [2.45, 2.75) is 46.0 Å². The van der Waals surface area contributed by atoms with Crippen molar-refractivity contribution >= 4 is 11.5 Å². The zero-order valence-electron chi connectivity index (χ0n) is 11.1. The maximum absolute atomic E-state index is 5.52. The molecule has 0 amide bonds. The molecule has 0 radical (unpaired) electrons. The first kappa shape index (κ1) is 13.8. The van der Waals surface area contributed by atoms with Gasteiger partial charge in [0.15, 0.2) is 0 Å². The van der Waals surface area contributed by atoms with Crippen molar-refractivity contribution in [3.05, 3.63) is 18.3 Å². The molecule has 0 atom stereocenters. The highest BCUT2D eigenvalue weighted by Gasteiger charge is 1.95. The second-order valence-corrected chi connectivity index (χ2v) is 5.00. The van der Waals surface area contributed by atoms with E-state index in [1.165, 1.54) is 32.1 Å². The minimum Gasteiger partial charge on any atom is -0.384 e. The number of hydrogen-bond donors (Lipinski definition) is 2. The topological polar surface area (TPSA) is 50.9 Å². The van der Waals surface area contributed by atoms with E-state index in [4.69, 9.17) is 5.73 Å². The minimum absolute atomic E-state index is 0.573. The Balaban J connectivity index is 1.99. The summed E-state index contributed by atoms with van der Waals surface area (Å²) in [6, 6.07) is 3.80. The Hall–Kier alpha value is -1.25. The van der Waals surface area contributed by atoms with Gasteiger partial charge in [-0.2, -0.15) is 0 Å². The van der Waals surface area contributed by atoms with Crippen molar-refractivity contribution in [3.63, 3.8) is 0 Å². The van der Waals surface area contributed by atoms with Gasteiger partial charge >= 0.3 is 0 Å². The Morgan fingerprint density at radius 2 is 1.94 bits per heavy atom. The molecular formula is C14H25N3. The first-order valence-corrected chi connectivity index (χ1v) is 6.64. The smallest absolute Gasteiger partial charge is 0.123 e. The number of hydrogen-bond acceptors (Lipinski definition) is 3. The average molecular weight is 235 g/mol. The number of nitrogens with two attached hydrogens (primary N) is 1. The fourth-order valence-corrected chi connectivity index (χ4v) is 1.77. The lowest BCUT2D eigenvalue weighted by Crippen LogP contribution is -2.02. The maximum Gasteiger partial charge on any atom is 0.123 e. The highest BCUT2D eigenvalue weighted by molar-refractivity contribution is 5.45. The normalized spacial score (nSPS) is 10.8. The lowest BCUT2D eigenvalue weighted by Gasteiger charge is -2.07. The third-order valence-electron chi connectivity index (χ3n) is 2.82. The Labute approximate surface area is 105 Å². The number of nitrogen functional groups attached to an aromatic ring is 1. The molecule has 0 bridgehead atoms. The SMILES string of the molecule is CC(C)CCCCCCNc1ccc(N)nc1. The van der Waals surface area contributed by atoms with Crippen molar-refractivity contribution in [2.75, 3.05) is 17.6 Å². The van der Waals surface area contributed by atoms with Gasteiger partial charge in [-0.25, -0.2) is 4.98 Å². The molecule has 0 aliphatic rings. The molecule has 0 aliphatic heterocycles. The van der Waals surface area contributed by atoms with E-state index < -0.39 is 0 Å². The molecule has 3 nitrogen and oxygen atoms in total. The van der Waals surface area contributed by atoms with Crippen molar-refractivity contribution < 1.29 is 0 Å². The molecule has 0 fully saturated rings. The maximum atomic E-state index is 5.52. The van der Waals surface area contributed by atoms with Crippen LogP contribution in [0.4, 0.5) is 11.5 Å². The van der Waals surface area contributed by atoms with Crippen LogP contribution >= 0.6 is 0 Å². The van der Waals surface area contributed by atoms with Gasteiger partial charge in [0.25, 0.3) is 0 Å². The van der Waals surface area contributed by atoms with Gasteiger partial charge in [0.2, 0.25) is 0 Å². The van der Waals surface area contributed by atoms with Crippen LogP contribution in [0.3, 0.4) is 0 Å². The summed E-state index contributed by atoms with van der Waals surface area (Å²) < 4.78 is 0. The lowest BCUT2D eigenvalue weighted by molar-refractivity contribution is 0.523. The number of anilines is 2. The van der Waals surface area contributed by atoms with Crippen molar-refractivity contribution in [2.24, 2.45) is 5.92 Å². The van der Waals surface area contributed by atoms with E-state index in [0.717, 1.165) is 18.2 Å². The van der Waals surface area contributed by atoms with Gasteiger partial charge in [0, 0.05) is 6.54 Å². The predicted octanol–water partition coefficient (Wildman–Crippen LogP) is 3.68. The predicted molar refractivity (Wildman–Crippen MR) is 75.1 cm³/mol. The van der Waals surface area contributed by atoms with Gasteiger partial charge in [-0.15, -0.1) is 0 Å². The quantitative estimate of drug-likeness (QED) is 0.676. The summed E-state index contributed by atoms with van der Waals surface area (Å²) in [4.78, 5) is 4.04. The molecular weight excluding hydrogens is 210 g/mol. The van der Waals surface area contributed by atoms with Crippen LogP contribution in [0, 0.1) is 5.92 Å². The zero-order valence-corrected chi connectivity index (χ0v) is 11.1. The van der Waals surface area contributed by atoms with Gasteiger partial charge in [0.1, 0.15) is 5.82 Å². The largest absolute Gasteiger partial charge is 0.384 e. The molecule has 3 heteroatoms. The molecule has 0 aromatic carbocycles. The fourth-order valence-electron chi connectivity index (χ4n) is 1.77. The van der Waals surface area contributed by atoms with E-state index in [2.05, 4.69) is 24.1 Å². The molecule has 1 aromatic heterocycles. The van der Waals surface area contributed by atoms with Crippen molar-refractivity contribution in [1.82, 2.24) is 4.98 Å². The van der Waals surface area contributed by atoms with Crippen LogP contribution in [0.1, 0.15) is 46.0 Å². The number of unbranched alkanes of at least 4 members (excludes halogenated alkanes) is 3. The Morgan fingerprint density at radius 3 is 2.59 bits per heavy atom. The standard InChI is InChI=1S/C14H25N3/c1-12(2)7-5-3-4-6-10-16-13-8-9-14(15)17-11-13/h8-9,11-12,16H,3-7,10H2,1-2H3,(H2,15,17). The monoisotopic (exact) mass is 235 g/mol. The third kappa shape index (κ3) is 6.82. The second kappa shape index (κ2) is 7.93. The number of nitrogens with zero attached hydrogens (tertiary/aromatic N) is 1. The van der Waals surface area contributed by atoms with Crippen LogP contribution in [0.5, 0.6) is 0 Å². The Morgan fingerprint density at radius 1 is 1.18 bits per heavy atom.